The van der Waals surface area contributed by atoms with Gasteiger partial charge in [-0.25, -0.2) is 4.79 Å². The van der Waals surface area contributed by atoms with Crippen molar-refractivity contribution in [3.8, 4) is 11.5 Å². The standard InChI is InChI=1S/C22H34O4/c1-19(2)22(24)26-18-12-10-8-6-4-3-5-7-9-11-17-25-21-15-13-20(23)14-16-21/h13-16,23H,1,3-12,17-18H2,2H3. The largest absolute Gasteiger partial charge is 0.508 e. The van der Waals surface area contributed by atoms with Crippen molar-refractivity contribution in [1.82, 2.24) is 0 Å². The third kappa shape index (κ3) is 11.6. The van der Waals surface area contributed by atoms with E-state index < -0.39 is 0 Å². The van der Waals surface area contributed by atoms with Crippen LogP contribution < -0.4 is 4.74 Å². The summed E-state index contributed by atoms with van der Waals surface area (Å²) in [4.78, 5) is 11.2. The van der Waals surface area contributed by atoms with Crippen molar-refractivity contribution in [2.24, 2.45) is 0 Å². The summed E-state index contributed by atoms with van der Waals surface area (Å²) in [6.45, 7) is 6.48. The summed E-state index contributed by atoms with van der Waals surface area (Å²) in [6.07, 6.45) is 11.9. The van der Waals surface area contributed by atoms with Gasteiger partial charge in [0.2, 0.25) is 0 Å². The first-order valence-corrected chi connectivity index (χ1v) is 9.84. The van der Waals surface area contributed by atoms with Gasteiger partial charge in [0.25, 0.3) is 0 Å². The summed E-state index contributed by atoms with van der Waals surface area (Å²) < 4.78 is 10.7. The molecule has 0 aliphatic rings. The van der Waals surface area contributed by atoms with Gasteiger partial charge in [0, 0.05) is 5.57 Å². The summed E-state index contributed by atoms with van der Waals surface area (Å²) in [5, 5.41) is 9.20. The lowest BCUT2D eigenvalue weighted by molar-refractivity contribution is -0.139. The predicted molar refractivity (Wildman–Crippen MR) is 106 cm³/mol. The third-order valence-electron chi connectivity index (χ3n) is 4.23. The minimum Gasteiger partial charge on any atom is -0.508 e. The van der Waals surface area contributed by atoms with Crippen molar-refractivity contribution >= 4 is 5.97 Å². The number of aromatic hydroxyl groups is 1. The Balaban J connectivity index is 1.79. The second kappa shape index (κ2) is 14.2. The summed E-state index contributed by atoms with van der Waals surface area (Å²) in [7, 11) is 0. The average molecular weight is 363 g/mol. The molecule has 0 aromatic heterocycles. The molecule has 0 amide bonds. The molecule has 0 saturated carbocycles. The molecule has 0 fully saturated rings. The number of carbonyl (C=O) groups excluding carboxylic acids is 1. The molecular weight excluding hydrogens is 328 g/mol. The Morgan fingerprint density at radius 1 is 0.846 bits per heavy atom. The Kier molecular flexibility index (Phi) is 12.1. The topological polar surface area (TPSA) is 55.8 Å². The van der Waals surface area contributed by atoms with Crippen LogP contribution in [0.1, 0.15) is 71.1 Å². The molecule has 1 N–H and O–H groups in total. The van der Waals surface area contributed by atoms with Gasteiger partial charge in [-0.15, -0.1) is 0 Å². The Hall–Kier alpha value is -1.97. The number of hydrogen-bond donors (Lipinski definition) is 1. The highest BCUT2D eigenvalue weighted by Crippen LogP contribution is 2.16. The minimum absolute atomic E-state index is 0.267. The number of esters is 1. The van der Waals surface area contributed by atoms with Gasteiger partial charge >= 0.3 is 5.97 Å². The SMILES string of the molecule is C=C(C)C(=O)OCCCCCCCCCCCCOc1ccc(O)cc1. The second-order valence-corrected chi connectivity index (χ2v) is 6.79. The van der Waals surface area contributed by atoms with Crippen LogP contribution in [0.3, 0.4) is 0 Å². The monoisotopic (exact) mass is 362 g/mol. The zero-order valence-corrected chi connectivity index (χ0v) is 16.2. The van der Waals surface area contributed by atoms with E-state index in [1.54, 1.807) is 31.2 Å². The number of unbranched alkanes of at least 4 members (excludes halogenated alkanes) is 9. The maximum absolute atomic E-state index is 11.2. The van der Waals surface area contributed by atoms with Crippen LogP contribution in [0.15, 0.2) is 36.4 Å². The van der Waals surface area contributed by atoms with E-state index in [-0.39, 0.29) is 11.7 Å². The third-order valence-corrected chi connectivity index (χ3v) is 4.23. The Labute approximate surface area is 158 Å². The lowest BCUT2D eigenvalue weighted by Crippen LogP contribution is -2.05. The highest BCUT2D eigenvalue weighted by atomic mass is 16.5. The fourth-order valence-electron chi connectivity index (χ4n) is 2.64. The van der Waals surface area contributed by atoms with E-state index in [9.17, 15) is 9.90 Å². The lowest BCUT2D eigenvalue weighted by Gasteiger charge is -2.06. The molecule has 0 aliphatic heterocycles. The van der Waals surface area contributed by atoms with Gasteiger partial charge < -0.3 is 14.6 Å². The Bertz CT molecular complexity index is 507. The minimum atomic E-state index is -0.279. The van der Waals surface area contributed by atoms with Gasteiger partial charge in [0.1, 0.15) is 11.5 Å². The quantitative estimate of drug-likeness (QED) is 0.244. The highest BCUT2D eigenvalue weighted by molar-refractivity contribution is 5.86. The lowest BCUT2D eigenvalue weighted by atomic mass is 10.1. The molecule has 0 bridgehead atoms. The molecule has 4 nitrogen and oxygen atoms in total. The van der Waals surface area contributed by atoms with Crippen LogP contribution in [-0.4, -0.2) is 24.3 Å². The molecule has 146 valence electrons. The van der Waals surface area contributed by atoms with Crippen molar-refractivity contribution in [3.63, 3.8) is 0 Å². The smallest absolute Gasteiger partial charge is 0.333 e. The number of rotatable bonds is 15. The van der Waals surface area contributed by atoms with E-state index in [4.69, 9.17) is 9.47 Å². The van der Waals surface area contributed by atoms with Crippen molar-refractivity contribution < 1.29 is 19.4 Å². The molecule has 0 aliphatic carbocycles. The maximum atomic E-state index is 11.2. The van der Waals surface area contributed by atoms with Gasteiger partial charge in [0.05, 0.1) is 13.2 Å². The van der Waals surface area contributed by atoms with E-state index in [0.717, 1.165) is 31.6 Å². The van der Waals surface area contributed by atoms with Gasteiger partial charge in [-0.05, 0) is 44.0 Å². The van der Waals surface area contributed by atoms with E-state index in [1.165, 1.54) is 44.9 Å². The summed E-state index contributed by atoms with van der Waals surface area (Å²) in [5.41, 5.74) is 0.469. The number of carbonyl (C=O) groups is 1. The van der Waals surface area contributed by atoms with Crippen LogP contribution in [0.5, 0.6) is 11.5 Å². The summed E-state index contributed by atoms with van der Waals surface area (Å²) in [5.74, 6) is 0.805. The van der Waals surface area contributed by atoms with E-state index in [2.05, 4.69) is 6.58 Å². The molecule has 0 unspecified atom stereocenters. The molecule has 1 aromatic rings. The number of phenols is 1. The first-order valence-electron chi connectivity index (χ1n) is 9.84. The highest BCUT2D eigenvalue weighted by Gasteiger charge is 2.01. The van der Waals surface area contributed by atoms with Crippen molar-refractivity contribution in [3.05, 3.63) is 36.4 Å². The Morgan fingerprint density at radius 3 is 1.81 bits per heavy atom. The van der Waals surface area contributed by atoms with Gasteiger partial charge in [0.15, 0.2) is 0 Å². The zero-order valence-electron chi connectivity index (χ0n) is 16.2. The van der Waals surface area contributed by atoms with Crippen LogP contribution in [0.25, 0.3) is 0 Å². The van der Waals surface area contributed by atoms with Crippen LogP contribution in [-0.2, 0) is 9.53 Å². The predicted octanol–water partition coefficient (Wildman–Crippen LogP) is 5.79. The first-order chi connectivity index (χ1) is 12.6. The van der Waals surface area contributed by atoms with Gasteiger partial charge in [-0.1, -0.05) is 57.9 Å². The maximum Gasteiger partial charge on any atom is 0.333 e. The van der Waals surface area contributed by atoms with Crippen molar-refractivity contribution in [2.75, 3.05) is 13.2 Å². The zero-order chi connectivity index (χ0) is 19.0. The molecule has 1 aromatic carbocycles. The van der Waals surface area contributed by atoms with Crippen molar-refractivity contribution in [2.45, 2.75) is 71.1 Å². The number of phenolic OH excluding ortho intramolecular Hbond substituents is 1. The molecule has 26 heavy (non-hydrogen) atoms. The molecule has 1 rings (SSSR count). The number of ether oxygens (including phenoxy) is 2. The van der Waals surface area contributed by atoms with Gasteiger partial charge in [-0.2, -0.15) is 0 Å². The average Bonchev–Trinajstić information content (AvgIpc) is 2.63. The van der Waals surface area contributed by atoms with Crippen molar-refractivity contribution in [1.29, 1.82) is 0 Å². The molecule has 0 radical (unpaired) electrons. The molecule has 0 atom stereocenters. The summed E-state index contributed by atoms with van der Waals surface area (Å²) >= 11 is 0. The van der Waals surface area contributed by atoms with E-state index in [1.807, 2.05) is 0 Å². The van der Waals surface area contributed by atoms with Crippen LogP contribution in [0.4, 0.5) is 0 Å². The fraction of sp³-hybridized carbons (Fsp3) is 0.591. The fourth-order valence-corrected chi connectivity index (χ4v) is 2.64. The molecule has 0 heterocycles. The Morgan fingerprint density at radius 2 is 1.31 bits per heavy atom. The summed E-state index contributed by atoms with van der Waals surface area (Å²) in [6, 6.07) is 6.87. The first kappa shape index (κ1) is 22.1. The van der Waals surface area contributed by atoms with Crippen LogP contribution in [0, 0.1) is 0 Å². The molecular formula is C22H34O4. The normalized spacial score (nSPS) is 10.5. The van der Waals surface area contributed by atoms with Crippen LogP contribution in [0.2, 0.25) is 0 Å². The number of benzene rings is 1. The second-order valence-electron chi connectivity index (χ2n) is 6.79. The molecule has 0 spiro atoms. The van der Waals surface area contributed by atoms with Gasteiger partial charge in [-0.3, -0.25) is 0 Å². The van der Waals surface area contributed by atoms with E-state index >= 15 is 0 Å². The molecule has 4 heteroatoms. The van der Waals surface area contributed by atoms with E-state index in [0.29, 0.717) is 12.2 Å². The number of hydrogen-bond acceptors (Lipinski definition) is 4. The van der Waals surface area contributed by atoms with Crippen LogP contribution >= 0.6 is 0 Å². The molecule has 0 saturated heterocycles.